The van der Waals surface area contributed by atoms with Gasteiger partial charge in [-0.25, -0.2) is 14.4 Å². The summed E-state index contributed by atoms with van der Waals surface area (Å²) >= 11 is 0. The standard InChI is InChI=1S/C44H63N3O7.C3H6/c1-27-31(28-10-12-29(13-11-28)37(50)51)16-19-41(5)32(27)17-20-43(7)35(41)15-14-33-34-9-8-18-44(34,22-21-42(33,43)6)45-38(52)47-24-23-46(26-30(47)25-36(48)49)39(53)54-40(2,3)4;1-3-2/h10-13,16,27,30,32-35H,8-9,14-15,17-26H2,1-7H3,(H,45,52)(H,48,49)(H,50,51);3H,1H2,2H3/t27?,30?,32?,33?,34?,35?,41?,42-,43?,44?;/m1./s1. The van der Waals surface area contributed by atoms with E-state index in [1.807, 2.05) is 39.8 Å². The Morgan fingerprint density at radius 1 is 0.912 bits per heavy atom. The predicted octanol–water partition coefficient (Wildman–Crippen LogP) is 9.89. The lowest BCUT2D eigenvalue weighted by molar-refractivity contribution is -0.210. The second-order valence-electron chi connectivity index (χ2n) is 20.1. The molecule has 1 heterocycles. The van der Waals surface area contributed by atoms with E-state index in [0.29, 0.717) is 41.7 Å². The quantitative estimate of drug-likeness (QED) is 0.253. The van der Waals surface area contributed by atoms with E-state index in [0.717, 1.165) is 44.1 Å². The molecule has 4 saturated carbocycles. The van der Waals surface area contributed by atoms with Crippen LogP contribution in [0, 0.1) is 45.8 Å². The van der Waals surface area contributed by atoms with Crippen molar-refractivity contribution < 1.29 is 34.1 Å². The van der Waals surface area contributed by atoms with Gasteiger partial charge in [0.25, 0.3) is 0 Å². The number of carbonyl (C=O) groups is 4. The lowest BCUT2D eigenvalue weighted by Crippen LogP contribution is -2.68. The molecule has 3 amide bonds. The molecule has 314 valence electrons. The normalized spacial score (nSPS) is 37.1. The number of hydrogen-bond donors (Lipinski definition) is 3. The molecule has 1 saturated heterocycles. The maximum Gasteiger partial charge on any atom is 0.410 e. The van der Waals surface area contributed by atoms with Crippen LogP contribution < -0.4 is 5.32 Å². The third-order valence-corrected chi connectivity index (χ3v) is 16.2. The molecule has 5 aliphatic carbocycles. The fraction of sp³-hybridized carbons (Fsp3) is 0.702. The van der Waals surface area contributed by atoms with Gasteiger partial charge in [0.1, 0.15) is 5.60 Å². The van der Waals surface area contributed by atoms with Gasteiger partial charge in [-0.1, -0.05) is 58.4 Å². The van der Waals surface area contributed by atoms with Crippen molar-refractivity contribution in [1.29, 1.82) is 0 Å². The summed E-state index contributed by atoms with van der Waals surface area (Å²) in [6.07, 6.45) is 14.5. The topological polar surface area (TPSA) is 136 Å². The van der Waals surface area contributed by atoms with Crippen LogP contribution in [-0.2, 0) is 9.53 Å². The molecule has 3 N–H and O–H groups in total. The van der Waals surface area contributed by atoms with E-state index in [1.54, 1.807) is 28.0 Å². The lowest BCUT2D eigenvalue weighted by atomic mass is 9.34. The third-order valence-electron chi connectivity index (χ3n) is 16.2. The van der Waals surface area contributed by atoms with Gasteiger partial charge >= 0.3 is 24.1 Å². The number of benzene rings is 1. The number of hydrogen-bond acceptors (Lipinski definition) is 5. The van der Waals surface area contributed by atoms with Crippen LogP contribution in [0.2, 0.25) is 0 Å². The summed E-state index contributed by atoms with van der Waals surface area (Å²) in [6.45, 7) is 21.6. The number of rotatable bonds is 5. The van der Waals surface area contributed by atoms with E-state index < -0.39 is 29.7 Å². The van der Waals surface area contributed by atoms with Crippen molar-refractivity contribution >= 4 is 29.6 Å². The van der Waals surface area contributed by atoms with E-state index in [9.17, 15) is 29.4 Å². The number of nitrogens with one attached hydrogen (secondary N) is 1. The maximum absolute atomic E-state index is 14.3. The minimum absolute atomic E-state index is 0.136. The summed E-state index contributed by atoms with van der Waals surface area (Å²) in [4.78, 5) is 53.9. The molecular weight excluding hydrogens is 719 g/mol. The van der Waals surface area contributed by atoms with E-state index in [2.05, 4.69) is 45.7 Å². The molecule has 10 nitrogen and oxygen atoms in total. The Kier molecular flexibility index (Phi) is 11.8. The molecule has 0 bridgehead atoms. The summed E-state index contributed by atoms with van der Waals surface area (Å²) in [6, 6.07) is 6.61. The fourth-order valence-corrected chi connectivity index (χ4v) is 13.5. The van der Waals surface area contributed by atoms with Gasteiger partial charge in [0.15, 0.2) is 0 Å². The highest BCUT2D eigenvalue weighted by molar-refractivity contribution is 5.88. The molecule has 0 spiro atoms. The molecule has 10 atom stereocenters. The molecule has 0 radical (unpaired) electrons. The molecule has 1 aliphatic heterocycles. The largest absolute Gasteiger partial charge is 0.481 e. The van der Waals surface area contributed by atoms with Crippen molar-refractivity contribution in [3.05, 3.63) is 54.1 Å². The number of piperazine rings is 1. The maximum atomic E-state index is 14.3. The van der Waals surface area contributed by atoms with Crippen LogP contribution in [0.4, 0.5) is 9.59 Å². The van der Waals surface area contributed by atoms with Gasteiger partial charge in [-0.3, -0.25) is 4.79 Å². The second kappa shape index (κ2) is 15.7. The van der Waals surface area contributed by atoms with Gasteiger partial charge in [0, 0.05) is 25.2 Å². The van der Waals surface area contributed by atoms with Crippen LogP contribution in [0.25, 0.3) is 5.57 Å². The first-order valence-corrected chi connectivity index (χ1v) is 21.6. The van der Waals surface area contributed by atoms with Gasteiger partial charge < -0.3 is 30.1 Å². The van der Waals surface area contributed by atoms with Crippen LogP contribution in [0.15, 0.2) is 43.0 Å². The lowest BCUT2D eigenvalue weighted by Gasteiger charge is -2.71. The Hall–Kier alpha value is -3.82. The van der Waals surface area contributed by atoms with Crippen LogP contribution in [0.1, 0.15) is 142 Å². The van der Waals surface area contributed by atoms with Crippen molar-refractivity contribution in [2.75, 3.05) is 19.6 Å². The Morgan fingerprint density at radius 3 is 2.23 bits per heavy atom. The first-order valence-electron chi connectivity index (χ1n) is 21.6. The number of ether oxygens (including phenoxy) is 1. The summed E-state index contributed by atoms with van der Waals surface area (Å²) in [5, 5.41) is 22.8. The molecule has 1 aromatic rings. The van der Waals surface area contributed by atoms with Crippen LogP contribution in [0.3, 0.4) is 0 Å². The molecular formula is C47H69N3O7. The van der Waals surface area contributed by atoms with E-state index in [-0.39, 0.29) is 47.3 Å². The van der Waals surface area contributed by atoms with Crippen LogP contribution in [0.5, 0.6) is 0 Å². The fourth-order valence-electron chi connectivity index (χ4n) is 13.5. The van der Waals surface area contributed by atoms with E-state index in [1.165, 1.54) is 31.3 Å². The van der Waals surface area contributed by atoms with Crippen molar-refractivity contribution in [2.45, 2.75) is 143 Å². The molecule has 57 heavy (non-hydrogen) atoms. The summed E-state index contributed by atoms with van der Waals surface area (Å²) in [7, 11) is 0. The molecule has 9 unspecified atom stereocenters. The molecule has 10 heteroatoms. The highest BCUT2D eigenvalue weighted by Gasteiger charge is 2.69. The SMILES string of the molecule is C=CC.CC1C(c2ccc(C(=O)O)cc2)=CCC2(C)C1CCC1(C)C2CCC2C3CCCC3(NC(=O)N3CCN(C(=O)OC(C)(C)C)CC3CC(=O)O)CC[C@]21C. The van der Waals surface area contributed by atoms with Crippen molar-refractivity contribution in [1.82, 2.24) is 15.1 Å². The number of nitrogens with zero attached hydrogens (tertiary/aromatic N) is 2. The zero-order valence-electron chi connectivity index (χ0n) is 35.9. The Bertz CT molecular complexity index is 1750. The number of urea groups is 1. The zero-order chi connectivity index (χ0) is 41.7. The zero-order valence-corrected chi connectivity index (χ0v) is 35.9. The number of amides is 3. The minimum Gasteiger partial charge on any atom is -0.481 e. The highest BCUT2D eigenvalue weighted by atomic mass is 16.6. The van der Waals surface area contributed by atoms with Crippen LogP contribution in [-0.4, -0.2) is 80.9 Å². The number of aromatic carboxylic acids is 1. The Balaban J connectivity index is 0.00000177. The molecule has 6 aliphatic rings. The number of carboxylic acids is 2. The smallest absolute Gasteiger partial charge is 0.410 e. The highest BCUT2D eigenvalue weighted by Crippen LogP contribution is 2.75. The average molecular weight is 788 g/mol. The summed E-state index contributed by atoms with van der Waals surface area (Å²) < 4.78 is 5.58. The summed E-state index contributed by atoms with van der Waals surface area (Å²) in [5.74, 6) is 0.573. The number of fused-ring (bicyclic) bond motifs is 7. The first kappa shape index (κ1) is 42.8. The monoisotopic (exact) mass is 788 g/mol. The Labute approximate surface area is 340 Å². The molecule has 7 rings (SSSR count). The van der Waals surface area contributed by atoms with Gasteiger partial charge in [0.05, 0.1) is 18.0 Å². The second-order valence-corrected chi connectivity index (χ2v) is 20.1. The predicted molar refractivity (Wildman–Crippen MR) is 223 cm³/mol. The third kappa shape index (κ3) is 7.64. The molecule has 0 aromatic heterocycles. The van der Waals surface area contributed by atoms with Crippen LogP contribution >= 0.6 is 0 Å². The average Bonchev–Trinajstić information content (AvgIpc) is 3.55. The Morgan fingerprint density at radius 2 is 1.60 bits per heavy atom. The van der Waals surface area contributed by atoms with Crippen molar-refractivity contribution in [3.8, 4) is 0 Å². The number of aliphatic carboxylic acids is 1. The van der Waals surface area contributed by atoms with Gasteiger partial charge in [-0.2, -0.15) is 0 Å². The van der Waals surface area contributed by atoms with Crippen molar-refractivity contribution in [2.24, 2.45) is 45.8 Å². The van der Waals surface area contributed by atoms with Crippen molar-refractivity contribution in [3.63, 3.8) is 0 Å². The van der Waals surface area contributed by atoms with Gasteiger partial charge in [0.2, 0.25) is 0 Å². The number of allylic oxidation sites excluding steroid dienone is 3. The first-order chi connectivity index (χ1) is 26.7. The molecule has 1 aromatic carbocycles. The minimum atomic E-state index is -0.990. The number of carboxylic acid groups (broad SMARTS) is 2. The van der Waals surface area contributed by atoms with E-state index >= 15 is 0 Å². The summed E-state index contributed by atoms with van der Waals surface area (Å²) in [5.41, 5.74) is 2.38. The van der Waals surface area contributed by atoms with Gasteiger partial charge in [-0.15, -0.1) is 6.58 Å². The van der Waals surface area contributed by atoms with E-state index in [4.69, 9.17) is 4.74 Å². The number of carbonyl (C=O) groups excluding carboxylic acids is 2. The van der Waals surface area contributed by atoms with Gasteiger partial charge in [-0.05, 0) is 155 Å². The molecule has 5 fully saturated rings.